The Hall–Kier alpha value is -0.900. The molecule has 1 aromatic heterocycles. The molecule has 4 heteroatoms. The highest BCUT2D eigenvalue weighted by molar-refractivity contribution is 4.84. The molecule has 0 fully saturated rings. The first-order valence-corrected chi connectivity index (χ1v) is 5.84. The summed E-state index contributed by atoms with van der Waals surface area (Å²) in [5.41, 5.74) is 0. The summed E-state index contributed by atoms with van der Waals surface area (Å²) in [6.07, 6.45) is 6.69. The lowest BCUT2D eigenvalue weighted by Crippen LogP contribution is -2.29. The molecule has 0 aromatic carbocycles. The third-order valence-electron chi connectivity index (χ3n) is 2.63. The zero-order valence-corrected chi connectivity index (χ0v) is 10.0. The summed E-state index contributed by atoms with van der Waals surface area (Å²) in [5, 5.41) is 11.5. The number of nitrogens with one attached hydrogen (secondary N) is 1. The highest BCUT2D eigenvalue weighted by Gasteiger charge is 2.07. The van der Waals surface area contributed by atoms with Gasteiger partial charge in [-0.25, -0.2) is 0 Å². The summed E-state index contributed by atoms with van der Waals surface area (Å²) in [6.45, 7) is 5.28. The maximum Gasteiger partial charge on any atom is 0.146 e. The predicted molar refractivity (Wildman–Crippen MR) is 61.4 cm³/mol. The van der Waals surface area contributed by atoms with Gasteiger partial charge >= 0.3 is 0 Å². The average Bonchev–Trinajstić information content (AvgIpc) is 2.61. The van der Waals surface area contributed by atoms with E-state index in [9.17, 15) is 0 Å². The smallest absolute Gasteiger partial charge is 0.146 e. The van der Waals surface area contributed by atoms with Crippen LogP contribution in [-0.2, 0) is 13.6 Å². The fourth-order valence-electron chi connectivity index (χ4n) is 1.75. The molecule has 86 valence electrons. The van der Waals surface area contributed by atoms with Gasteiger partial charge in [0.25, 0.3) is 0 Å². The molecule has 0 saturated carbocycles. The number of aromatic nitrogens is 3. The largest absolute Gasteiger partial charge is 0.320 e. The van der Waals surface area contributed by atoms with E-state index < -0.39 is 0 Å². The third-order valence-corrected chi connectivity index (χ3v) is 2.63. The Bertz CT molecular complexity index is 263. The van der Waals surface area contributed by atoms with Crippen LogP contribution in [0.5, 0.6) is 0 Å². The van der Waals surface area contributed by atoms with Crippen molar-refractivity contribution < 1.29 is 0 Å². The van der Waals surface area contributed by atoms with Gasteiger partial charge in [0.2, 0.25) is 0 Å². The quantitative estimate of drug-likeness (QED) is 0.747. The minimum absolute atomic E-state index is 0.622. The van der Waals surface area contributed by atoms with E-state index in [1.807, 2.05) is 11.6 Å². The summed E-state index contributed by atoms with van der Waals surface area (Å²) in [4.78, 5) is 0. The van der Waals surface area contributed by atoms with Gasteiger partial charge in [-0.3, -0.25) is 0 Å². The Balaban J connectivity index is 2.36. The maximum atomic E-state index is 4.06. The van der Waals surface area contributed by atoms with Crippen LogP contribution in [0.4, 0.5) is 0 Å². The molecule has 0 aliphatic heterocycles. The van der Waals surface area contributed by atoms with Gasteiger partial charge in [-0.15, -0.1) is 10.2 Å². The maximum absolute atomic E-state index is 4.06. The first-order valence-electron chi connectivity index (χ1n) is 5.84. The summed E-state index contributed by atoms with van der Waals surface area (Å²) in [7, 11) is 1.98. The van der Waals surface area contributed by atoms with Crippen LogP contribution >= 0.6 is 0 Å². The molecule has 0 radical (unpaired) electrons. The summed E-state index contributed by atoms with van der Waals surface area (Å²) in [6, 6.07) is 0.622. The molecule has 0 amide bonds. The van der Waals surface area contributed by atoms with Gasteiger partial charge in [-0.1, -0.05) is 26.7 Å². The SMILES string of the molecule is CCCC(CCC)NCc1nncn1C. The molecular formula is C11H22N4. The van der Waals surface area contributed by atoms with Crippen molar-refractivity contribution >= 4 is 0 Å². The molecule has 0 spiro atoms. The molecule has 1 rings (SSSR count). The highest BCUT2D eigenvalue weighted by atomic mass is 15.3. The second-order valence-corrected chi connectivity index (χ2v) is 4.01. The van der Waals surface area contributed by atoms with Gasteiger partial charge < -0.3 is 9.88 Å². The lowest BCUT2D eigenvalue weighted by Gasteiger charge is -2.16. The van der Waals surface area contributed by atoms with E-state index in [2.05, 4.69) is 29.4 Å². The molecule has 1 heterocycles. The van der Waals surface area contributed by atoms with Crippen LogP contribution < -0.4 is 5.32 Å². The molecule has 0 unspecified atom stereocenters. The van der Waals surface area contributed by atoms with Crippen molar-refractivity contribution in [3.63, 3.8) is 0 Å². The topological polar surface area (TPSA) is 42.7 Å². The Morgan fingerprint density at radius 1 is 1.33 bits per heavy atom. The van der Waals surface area contributed by atoms with Crippen molar-refractivity contribution in [1.82, 2.24) is 20.1 Å². The second-order valence-electron chi connectivity index (χ2n) is 4.01. The molecule has 0 atom stereocenters. The second kappa shape index (κ2) is 6.56. The van der Waals surface area contributed by atoms with Crippen LogP contribution in [0, 0.1) is 0 Å². The van der Waals surface area contributed by atoms with Crippen LogP contribution in [0.25, 0.3) is 0 Å². The zero-order valence-electron chi connectivity index (χ0n) is 10.0. The summed E-state index contributed by atoms with van der Waals surface area (Å²) < 4.78 is 1.96. The molecule has 0 aliphatic carbocycles. The van der Waals surface area contributed by atoms with Gasteiger partial charge in [0.05, 0.1) is 6.54 Å². The highest BCUT2D eigenvalue weighted by Crippen LogP contribution is 2.05. The molecule has 0 bridgehead atoms. The molecular weight excluding hydrogens is 188 g/mol. The van der Waals surface area contributed by atoms with E-state index >= 15 is 0 Å². The Labute approximate surface area is 92.1 Å². The Morgan fingerprint density at radius 2 is 2.00 bits per heavy atom. The standard InChI is InChI=1S/C11H22N4/c1-4-6-10(7-5-2)12-8-11-14-13-9-15(11)3/h9-10,12H,4-8H2,1-3H3. The van der Waals surface area contributed by atoms with E-state index in [0.29, 0.717) is 6.04 Å². The molecule has 0 aliphatic rings. The van der Waals surface area contributed by atoms with Crippen molar-refractivity contribution in [3.8, 4) is 0 Å². The van der Waals surface area contributed by atoms with Crippen molar-refractivity contribution in [2.45, 2.75) is 52.1 Å². The Morgan fingerprint density at radius 3 is 2.47 bits per heavy atom. The fraction of sp³-hybridized carbons (Fsp3) is 0.818. The lowest BCUT2D eigenvalue weighted by molar-refractivity contribution is 0.434. The molecule has 1 N–H and O–H groups in total. The summed E-state index contributed by atoms with van der Waals surface area (Å²) >= 11 is 0. The van der Waals surface area contributed by atoms with E-state index in [1.54, 1.807) is 6.33 Å². The van der Waals surface area contributed by atoms with Crippen LogP contribution in [0.15, 0.2) is 6.33 Å². The number of nitrogens with zero attached hydrogens (tertiary/aromatic N) is 3. The van der Waals surface area contributed by atoms with Crippen LogP contribution in [0.2, 0.25) is 0 Å². The number of rotatable bonds is 7. The predicted octanol–water partition coefficient (Wildman–Crippen LogP) is 1.87. The molecule has 1 aromatic rings. The first kappa shape index (κ1) is 12.2. The van der Waals surface area contributed by atoms with Crippen molar-refractivity contribution in [2.75, 3.05) is 0 Å². The number of aryl methyl sites for hydroxylation is 1. The van der Waals surface area contributed by atoms with Crippen molar-refractivity contribution in [2.24, 2.45) is 7.05 Å². The zero-order chi connectivity index (χ0) is 11.1. The average molecular weight is 210 g/mol. The summed E-state index contributed by atoms with van der Waals surface area (Å²) in [5.74, 6) is 1.01. The van der Waals surface area contributed by atoms with Gasteiger partial charge in [-0.2, -0.15) is 0 Å². The van der Waals surface area contributed by atoms with Gasteiger partial charge in [0.15, 0.2) is 0 Å². The van der Waals surface area contributed by atoms with E-state index in [-0.39, 0.29) is 0 Å². The van der Waals surface area contributed by atoms with E-state index in [4.69, 9.17) is 0 Å². The van der Waals surface area contributed by atoms with Crippen LogP contribution in [0.3, 0.4) is 0 Å². The van der Waals surface area contributed by atoms with Gasteiger partial charge in [-0.05, 0) is 12.8 Å². The van der Waals surface area contributed by atoms with Crippen molar-refractivity contribution in [3.05, 3.63) is 12.2 Å². The lowest BCUT2D eigenvalue weighted by atomic mass is 10.1. The minimum Gasteiger partial charge on any atom is -0.320 e. The minimum atomic E-state index is 0.622. The van der Waals surface area contributed by atoms with Gasteiger partial charge in [0, 0.05) is 13.1 Å². The Kier molecular flexibility index (Phi) is 5.32. The van der Waals surface area contributed by atoms with E-state index in [0.717, 1.165) is 12.4 Å². The first-order chi connectivity index (χ1) is 7.27. The fourth-order valence-corrected chi connectivity index (χ4v) is 1.75. The van der Waals surface area contributed by atoms with E-state index in [1.165, 1.54) is 25.7 Å². The number of hydrogen-bond acceptors (Lipinski definition) is 3. The molecule has 4 nitrogen and oxygen atoms in total. The van der Waals surface area contributed by atoms with Crippen molar-refractivity contribution in [1.29, 1.82) is 0 Å². The van der Waals surface area contributed by atoms with Gasteiger partial charge in [0.1, 0.15) is 12.2 Å². The molecule has 0 saturated heterocycles. The normalized spacial score (nSPS) is 11.2. The van der Waals surface area contributed by atoms with Crippen LogP contribution in [0.1, 0.15) is 45.4 Å². The molecule has 15 heavy (non-hydrogen) atoms. The third kappa shape index (κ3) is 4.00. The van der Waals surface area contributed by atoms with Crippen LogP contribution in [-0.4, -0.2) is 20.8 Å². The number of hydrogen-bond donors (Lipinski definition) is 1. The monoisotopic (exact) mass is 210 g/mol.